The number of aldehydes is 1. The van der Waals surface area contributed by atoms with Crippen LogP contribution in [0.3, 0.4) is 0 Å². The monoisotopic (exact) mass is 444 g/mol. The number of anilines is 2. The molecular formula is C24H24N6OS. The number of carbonyl (C=O) groups excluding carboxylic acids is 1. The first-order chi connectivity index (χ1) is 15.5. The third-order valence-corrected chi connectivity index (χ3v) is 6.69. The van der Waals surface area contributed by atoms with E-state index in [-0.39, 0.29) is 0 Å². The van der Waals surface area contributed by atoms with Gasteiger partial charge in [0.25, 0.3) is 0 Å². The third-order valence-electron chi connectivity index (χ3n) is 5.78. The molecule has 0 spiro atoms. The van der Waals surface area contributed by atoms with Gasteiger partial charge in [0.1, 0.15) is 5.69 Å². The zero-order chi connectivity index (χ0) is 22.2. The highest BCUT2D eigenvalue weighted by atomic mass is 32.1. The van der Waals surface area contributed by atoms with Crippen molar-refractivity contribution < 1.29 is 4.79 Å². The Morgan fingerprint density at radius 3 is 2.62 bits per heavy atom. The lowest BCUT2D eigenvalue weighted by Crippen LogP contribution is -2.24. The summed E-state index contributed by atoms with van der Waals surface area (Å²) in [5, 5.41) is 7.66. The van der Waals surface area contributed by atoms with Gasteiger partial charge in [0.2, 0.25) is 0 Å². The molecule has 3 aromatic heterocycles. The van der Waals surface area contributed by atoms with Gasteiger partial charge in [-0.25, -0.2) is 9.97 Å². The number of nitrogens with zero attached hydrogens (tertiary/aromatic N) is 6. The highest BCUT2D eigenvalue weighted by Crippen LogP contribution is 2.33. The second kappa shape index (κ2) is 8.29. The summed E-state index contributed by atoms with van der Waals surface area (Å²) < 4.78 is 1.76. The van der Waals surface area contributed by atoms with Gasteiger partial charge in [0.05, 0.1) is 11.4 Å². The number of aryl methyl sites for hydroxylation is 1. The van der Waals surface area contributed by atoms with Gasteiger partial charge in [-0.1, -0.05) is 35.9 Å². The summed E-state index contributed by atoms with van der Waals surface area (Å²) in [6.45, 7) is 3.98. The molecule has 0 aliphatic carbocycles. The summed E-state index contributed by atoms with van der Waals surface area (Å²) in [6.07, 6.45) is 3.94. The normalized spacial score (nSPS) is 14.5. The highest BCUT2D eigenvalue weighted by molar-refractivity contribution is 7.14. The van der Waals surface area contributed by atoms with Crippen molar-refractivity contribution in [3.63, 3.8) is 0 Å². The lowest BCUT2D eigenvalue weighted by atomic mass is 10.1. The van der Waals surface area contributed by atoms with Crippen molar-refractivity contribution in [2.45, 2.75) is 13.3 Å². The van der Waals surface area contributed by atoms with Crippen LogP contribution in [0, 0.1) is 6.92 Å². The largest absolute Gasteiger partial charge is 0.303 e. The Morgan fingerprint density at radius 2 is 1.91 bits per heavy atom. The number of carbonyl (C=O) groups is 1. The molecule has 0 amide bonds. The Kier molecular flexibility index (Phi) is 5.32. The zero-order valence-electron chi connectivity index (χ0n) is 18.3. The first-order valence-corrected chi connectivity index (χ1v) is 11.4. The summed E-state index contributed by atoms with van der Waals surface area (Å²) in [5.41, 5.74) is 6.30. The topological polar surface area (TPSA) is 66.6 Å². The maximum atomic E-state index is 11.8. The molecule has 32 heavy (non-hydrogen) atoms. The smallest absolute Gasteiger partial charge is 0.191 e. The molecule has 0 fully saturated rings. The Balaban J connectivity index is 1.54. The van der Waals surface area contributed by atoms with E-state index in [2.05, 4.69) is 54.2 Å². The average Bonchev–Trinajstić information content (AvgIpc) is 3.44. The van der Waals surface area contributed by atoms with Crippen LogP contribution in [0.15, 0.2) is 47.9 Å². The maximum Gasteiger partial charge on any atom is 0.191 e. The van der Waals surface area contributed by atoms with Gasteiger partial charge >= 0.3 is 0 Å². The van der Waals surface area contributed by atoms with Crippen molar-refractivity contribution in [3.05, 3.63) is 64.8 Å². The highest BCUT2D eigenvalue weighted by Gasteiger charge is 2.21. The van der Waals surface area contributed by atoms with Gasteiger partial charge < -0.3 is 9.80 Å². The van der Waals surface area contributed by atoms with Crippen LogP contribution in [0.2, 0.25) is 0 Å². The fourth-order valence-corrected chi connectivity index (χ4v) is 4.67. The predicted molar refractivity (Wildman–Crippen MR) is 129 cm³/mol. The molecular weight excluding hydrogens is 420 g/mol. The molecule has 0 saturated carbocycles. The number of imidazole rings is 1. The molecule has 4 aromatic rings. The molecule has 0 saturated heterocycles. The first-order valence-electron chi connectivity index (χ1n) is 10.5. The molecule has 0 atom stereocenters. The van der Waals surface area contributed by atoms with Crippen LogP contribution in [0.1, 0.15) is 28.2 Å². The maximum absolute atomic E-state index is 11.8. The third kappa shape index (κ3) is 3.72. The van der Waals surface area contributed by atoms with Gasteiger partial charge in [-0.2, -0.15) is 9.61 Å². The van der Waals surface area contributed by atoms with Crippen LogP contribution >= 0.6 is 11.3 Å². The van der Waals surface area contributed by atoms with Gasteiger partial charge in [0, 0.05) is 31.1 Å². The Bertz CT molecular complexity index is 1320. The summed E-state index contributed by atoms with van der Waals surface area (Å²) >= 11 is 1.53. The van der Waals surface area contributed by atoms with Gasteiger partial charge in [0.15, 0.2) is 22.9 Å². The van der Waals surface area contributed by atoms with E-state index in [9.17, 15) is 4.79 Å². The second-order valence-corrected chi connectivity index (χ2v) is 8.95. The van der Waals surface area contributed by atoms with Crippen LogP contribution in [-0.2, 0) is 0 Å². The SMILES string of the molecule is Cc1ccc(-c2csc(N(C)c3c(C=O)nc4ccc(C5=CCN(C)CC5)nn34)n2)cc1. The standard InChI is InChI=1S/C24H24N6OS/c1-16-4-6-17(7-5-16)21-15-32-24(26-21)29(3)23-20(14-31)25-22-9-8-19(27-30(22)23)18-10-12-28(2)13-11-18/h4-10,14-15H,11-13H2,1-3H3. The molecule has 4 heterocycles. The van der Waals surface area contributed by atoms with E-state index >= 15 is 0 Å². The summed E-state index contributed by atoms with van der Waals surface area (Å²) in [4.78, 5) is 25.3. The fourth-order valence-electron chi connectivity index (χ4n) is 3.87. The minimum atomic E-state index is 0.349. The van der Waals surface area contributed by atoms with Crippen LogP contribution in [-0.4, -0.2) is 58.0 Å². The van der Waals surface area contributed by atoms with Gasteiger partial charge in [-0.15, -0.1) is 11.3 Å². The van der Waals surface area contributed by atoms with E-state index in [1.807, 2.05) is 29.5 Å². The molecule has 0 unspecified atom stereocenters. The summed E-state index contributed by atoms with van der Waals surface area (Å²) in [6, 6.07) is 12.2. The quantitative estimate of drug-likeness (QED) is 0.424. The number of likely N-dealkylation sites (N-methyl/N-ethyl adjacent to an activating group) is 1. The van der Waals surface area contributed by atoms with Crippen LogP contribution in [0.5, 0.6) is 0 Å². The lowest BCUT2D eigenvalue weighted by molar-refractivity contribution is 0.112. The Morgan fingerprint density at radius 1 is 1.09 bits per heavy atom. The van der Waals surface area contributed by atoms with Gasteiger partial charge in [-0.05, 0) is 38.1 Å². The minimum Gasteiger partial charge on any atom is -0.303 e. The summed E-state index contributed by atoms with van der Waals surface area (Å²) in [7, 11) is 4.01. The average molecular weight is 445 g/mol. The van der Waals surface area contributed by atoms with E-state index in [1.165, 1.54) is 22.5 Å². The first kappa shape index (κ1) is 20.5. The van der Waals surface area contributed by atoms with Crippen molar-refractivity contribution in [1.29, 1.82) is 0 Å². The van der Waals surface area contributed by atoms with Crippen LogP contribution in [0.4, 0.5) is 10.9 Å². The van der Waals surface area contributed by atoms with E-state index in [4.69, 9.17) is 10.1 Å². The zero-order valence-corrected chi connectivity index (χ0v) is 19.1. The molecule has 1 aliphatic rings. The van der Waals surface area contributed by atoms with Gasteiger partial charge in [-0.3, -0.25) is 4.79 Å². The molecule has 0 bridgehead atoms. The molecule has 7 nitrogen and oxygen atoms in total. The predicted octanol–water partition coefficient (Wildman–Crippen LogP) is 4.46. The Hall–Kier alpha value is -3.36. The van der Waals surface area contributed by atoms with E-state index in [1.54, 1.807) is 4.52 Å². The van der Waals surface area contributed by atoms with E-state index in [0.29, 0.717) is 17.2 Å². The number of benzene rings is 1. The van der Waals surface area contributed by atoms with E-state index in [0.717, 1.165) is 47.9 Å². The number of hydrogen-bond donors (Lipinski definition) is 0. The van der Waals surface area contributed by atoms with Crippen molar-refractivity contribution in [3.8, 4) is 11.3 Å². The summed E-state index contributed by atoms with van der Waals surface area (Å²) in [5.74, 6) is 0.621. The molecule has 1 aromatic carbocycles. The van der Waals surface area contributed by atoms with Crippen LogP contribution in [0.25, 0.3) is 22.5 Å². The van der Waals surface area contributed by atoms with E-state index < -0.39 is 0 Å². The number of rotatable bonds is 5. The Labute approximate surface area is 190 Å². The molecule has 5 rings (SSSR count). The fraction of sp³-hybridized carbons (Fsp3) is 0.250. The number of aromatic nitrogens is 4. The van der Waals surface area contributed by atoms with Crippen molar-refractivity contribution in [1.82, 2.24) is 24.5 Å². The minimum absolute atomic E-state index is 0.349. The van der Waals surface area contributed by atoms with Crippen LogP contribution < -0.4 is 4.90 Å². The van der Waals surface area contributed by atoms with Crippen molar-refractivity contribution in [2.24, 2.45) is 0 Å². The molecule has 1 aliphatic heterocycles. The lowest BCUT2D eigenvalue weighted by Gasteiger charge is -2.21. The number of thiazole rings is 1. The second-order valence-electron chi connectivity index (χ2n) is 8.11. The number of fused-ring (bicyclic) bond motifs is 1. The molecule has 8 heteroatoms. The molecule has 0 N–H and O–H groups in total. The molecule has 0 radical (unpaired) electrons. The van der Waals surface area contributed by atoms with Crippen molar-refractivity contribution in [2.75, 3.05) is 32.1 Å². The number of hydrogen-bond acceptors (Lipinski definition) is 7. The van der Waals surface area contributed by atoms with Crippen molar-refractivity contribution >= 4 is 39.8 Å². The molecule has 162 valence electrons.